The number of hydrogen-bond acceptors (Lipinski definition) is 3. The average molecular weight is 332 g/mol. The largest absolute Gasteiger partial charge is 0.340 e. The summed E-state index contributed by atoms with van der Waals surface area (Å²) in [4.78, 5) is 29.9. The normalized spacial score (nSPS) is 35.9. The fourth-order valence-corrected chi connectivity index (χ4v) is 5.69. The fraction of sp³-hybridized carbons (Fsp3) is 0.900. The van der Waals surface area contributed by atoms with Crippen LogP contribution in [-0.2, 0) is 9.59 Å². The summed E-state index contributed by atoms with van der Waals surface area (Å²) in [6.07, 6.45) is 11.7. The Labute approximate surface area is 145 Å². The molecule has 1 saturated heterocycles. The number of rotatable bonds is 2. The zero-order chi connectivity index (χ0) is 16.5. The van der Waals surface area contributed by atoms with E-state index in [4.69, 9.17) is 0 Å². The minimum absolute atomic E-state index is 0.124. The van der Waals surface area contributed by atoms with Crippen LogP contribution in [0.2, 0.25) is 0 Å². The summed E-state index contributed by atoms with van der Waals surface area (Å²) in [6.45, 7) is 3.90. The van der Waals surface area contributed by atoms with Crippen LogP contribution in [0.5, 0.6) is 0 Å². The van der Waals surface area contributed by atoms with Crippen molar-refractivity contribution < 1.29 is 9.59 Å². The highest BCUT2D eigenvalue weighted by atomic mass is 16.2. The van der Waals surface area contributed by atoms with Crippen LogP contribution >= 0.6 is 0 Å². The van der Waals surface area contributed by atoms with E-state index in [2.05, 4.69) is 9.80 Å². The van der Waals surface area contributed by atoms with Crippen LogP contribution in [0.15, 0.2) is 0 Å². The number of hydrogen-bond donors (Lipinski definition) is 0. The quantitative estimate of drug-likeness (QED) is 0.781. The number of amides is 1. The van der Waals surface area contributed by atoms with E-state index in [0.29, 0.717) is 11.7 Å². The Morgan fingerprint density at radius 1 is 0.792 bits per heavy atom. The molecule has 24 heavy (non-hydrogen) atoms. The van der Waals surface area contributed by atoms with Gasteiger partial charge in [0.25, 0.3) is 0 Å². The number of nitrogens with zero attached hydrogens (tertiary/aromatic N) is 2. The monoisotopic (exact) mass is 332 g/mol. The minimum Gasteiger partial charge on any atom is -0.340 e. The SMILES string of the molecule is O=C1C2CCCC1CC(C(=O)N1CCN(C3CCCCC3)CC1)C2. The Bertz CT molecular complexity index is 462. The van der Waals surface area contributed by atoms with Crippen LogP contribution in [-0.4, -0.2) is 53.7 Å². The van der Waals surface area contributed by atoms with Crippen molar-refractivity contribution in [1.29, 1.82) is 0 Å². The maximum absolute atomic E-state index is 13.0. The third kappa shape index (κ3) is 3.26. The van der Waals surface area contributed by atoms with E-state index in [1.165, 1.54) is 38.5 Å². The molecule has 1 amide bonds. The second-order valence-electron chi connectivity index (χ2n) is 8.55. The zero-order valence-electron chi connectivity index (χ0n) is 14.9. The molecule has 0 spiro atoms. The molecular weight excluding hydrogens is 300 g/mol. The van der Waals surface area contributed by atoms with Crippen molar-refractivity contribution in [2.75, 3.05) is 26.2 Å². The van der Waals surface area contributed by atoms with Gasteiger partial charge in [-0.15, -0.1) is 0 Å². The fourth-order valence-electron chi connectivity index (χ4n) is 5.69. The Morgan fingerprint density at radius 2 is 1.42 bits per heavy atom. The predicted octanol–water partition coefficient (Wildman–Crippen LogP) is 2.86. The Kier molecular flexibility index (Phi) is 4.93. The number of fused-ring (bicyclic) bond motifs is 2. The van der Waals surface area contributed by atoms with Gasteiger partial charge in [0.1, 0.15) is 5.78 Å². The van der Waals surface area contributed by atoms with Gasteiger partial charge in [0.2, 0.25) is 5.91 Å². The number of piperazine rings is 1. The second kappa shape index (κ2) is 7.15. The second-order valence-corrected chi connectivity index (χ2v) is 8.55. The summed E-state index contributed by atoms with van der Waals surface area (Å²) >= 11 is 0. The highest BCUT2D eigenvalue weighted by Gasteiger charge is 2.42. The van der Waals surface area contributed by atoms with E-state index in [1.54, 1.807) is 0 Å². The van der Waals surface area contributed by atoms with E-state index in [9.17, 15) is 9.59 Å². The molecule has 4 rings (SSSR count). The van der Waals surface area contributed by atoms with Crippen LogP contribution in [0.4, 0.5) is 0 Å². The van der Waals surface area contributed by atoms with Gasteiger partial charge in [0, 0.05) is 50.0 Å². The molecule has 3 aliphatic carbocycles. The summed E-state index contributed by atoms with van der Waals surface area (Å²) in [5, 5.41) is 0. The number of carbonyl (C=O) groups is 2. The number of Topliss-reactive ketones (excluding diaryl/α,β-unsaturated/α-hetero) is 1. The number of carbonyl (C=O) groups excluding carboxylic acids is 2. The third-order valence-corrected chi connectivity index (χ3v) is 7.11. The van der Waals surface area contributed by atoms with Gasteiger partial charge in [-0.2, -0.15) is 0 Å². The maximum atomic E-state index is 13.0. The molecule has 0 aromatic rings. The van der Waals surface area contributed by atoms with Gasteiger partial charge in [0.05, 0.1) is 0 Å². The van der Waals surface area contributed by atoms with Crippen molar-refractivity contribution in [3.05, 3.63) is 0 Å². The molecule has 0 radical (unpaired) electrons. The lowest BCUT2D eigenvalue weighted by Crippen LogP contribution is -2.54. The molecule has 2 unspecified atom stereocenters. The summed E-state index contributed by atoms with van der Waals surface area (Å²) in [5.41, 5.74) is 0. The predicted molar refractivity (Wildman–Crippen MR) is 93.6 cm³/mol. The van der Waals surface area contributed by atoms with E-state index < -0.39 is 0 Å². The Balaban J connectivity index is 1.31. The van der Waals surface area contributed by atoms with E-state index in [-0.39, 0.29) is 17.8 Å². The Hall–Kier alpha value is -0.900. The molecule has 2 atom stereocenters. The molecule has 3 saturated carbocycles. The molecule has 4 heteroatoms. The maximum Gasteiger partial charge on any atom is 0.225 e. The first-order valence-corrected chi connectivity index (χ1v) is 10.3. The summed E-state index contributed by atoms with van der Waals surface area (Å²) in [6, 6.07) is 0.766. The third-order valence-electron chi connectivity index (χ3n) is 7.11. The van der Waals surface area contributed by atoms with Gasteiger partial charge >= 0.3 is 0 Å². The molecule has 2 bridgehead atoms. The lowest BCUT2D eigenvalue weighted by atomic mass is 9.67. The summed E-state index contributed by atoms with van der Waals surface area (Å²) < 4.78 is 0. The lowest BCUT2D eigenvalue weighted by Gasteiger charge is -2.43. The summed E-state index contributed by atoms with van der Waals surface area (Å²) in [7, 11) is 0. The van der Waals surface area contributed by atoms with Crippen LogP contribution < -0.4 is 0 Å². The molecule has 134 valence electrons. The van der Waals surface area contributed by atoms with Gasteiger partial charge < -0.3 is 4.90 Å². The molecule has 4 fully saturated rings. The highest BCUT2D eigenvalue weighted by molar-refractivity contribution is 5.88. The van der Waals surface area contributed by atoms with Crippen molar-refractivity contribution in [2.45, 2.75) is 70.3 Å². The lowest BCUT2D eigenvalue weighted by molar-refractivity contribution is -0.144. The van der Waals surface area contributed by atoms with Crippen LogP contribution in [0, 0.1) is 17.8 Å². The molecular formula is C20H32N2O2. The molecule has 1 aliphatic heterocycles. The smallest absolute Gasteiger partial charge is 0.225 e. The molecule has 4 nitrogen and oxygen atoms in total. The minimum atomic E-state index is 0.124. The number of ketones is 1. The first kappa shape index (κ1) is 16.6. The molecule has 1 heterocycles. The van der Waals surface area contributed by atoms with Crippen molar-refractivity contribution in [2.24, 2.45) is 17.8 Å². The average Bonchev–Trinajstić information content (AvgIpc) is 2.62. The molecule has 0 aromatic heterocycles. The van der Waals surface area contributed by atoms with Crippen molar-refractivity contribution in [3.8, 4) is 0 Å². The van der Waals surface area contributed by atoms with Crippen LogP contribution in [0.25, 0.3) is 0 Å². The van der Waals surface area contributed by atoms with Crippen molar-refractivity contribution in [3.63, 3.8) is 0 Å². The molecule has 0 N–H and O–H groups in total. The van der Waals surface area contributed by atoms with Gasteiger partial charge in [0.15, 0.2) is 0 Å². The van der Waals surface area contributed by atoms with E-state index >= 15 is 0 Å². The van der Waals surface area contributed by atoms with Gasteiger partial charge in [-0.3, -0.25) is 14.5 Å². The van der Waals surface area contributed by atoms with Crippen LogP contribution in [0.3, 0.4) is 0 Å². The first-order valence-electron chi connectivity index (χ1n) is 10.3. The van der Waals surface area contributed by atoms with E-state index in [0.717, 1.165) is 57.9 Å². The summed E-state index contributed by atoms with van der Waals surface area (Å²) in [5.74, 6) is 1.32. The Morgan fingerprint density at radius 3 is 2.04 bits per heavy atom. The first-order chi connectivity index (χ1) is 11.7. The van der Waals surface area contributed by atoms with Gasteiger partial charge in [-0.1, -0.05) is 25.7 Å². The topological polar surface area (TPSA) is 40.6 Å². The van der Waals surface area contributed by atoms with Crippen molar-refractivity contribution >= 4 is 11.7 Å². The van der Waals surface area contributed by atoms with E-state index in [1.807, 2.05) is 0 Å². The van der Waals surface area contributed by atoms with Crippen LogP contribution in [0.1, 0.15) is 64.2 Å². The van der Waals surface area contributed by atoms with Gasteiger partial charge in [-0.05, 0) is 38.5 Å². The van der Waals surface area contributed by atoms with Gasteiger partial charge in [-0.25, -0.2) is 0 Å². The highest BCUT2D eigenvalue weighted by Crippen LogP contribution is 2.40. The molecule has 0 aromatic carbocycles. The van der Waals surface area contributed by atoms with Crippen molar-refractivity contribution in [1.82, 2.24) is 9.80 Å². The molecule has 4 aliphatic rings. The standard InChI is InChI=1S/C20H32N2O2/c23-19-15-5-4-6-16(19)14-17(13-15)20(24)22-11-9-21(10-12-22)18-7-2-1-3-8-18/h15-18H,1-14H2. The zero-order valence-corrected chi connectivity index (χ0v) is 14.9.